The van der Waals surface area contributed by atoms with Crippen LogP contribution >= 0.6 is 22.7 Å². The van der Waals surface area contributed by atoms with Crippen LogP contribution in [-0.4, -0.2) is 27.6 Å². The summed E-state index contributed by atoms with van der Waals surface area (Å²) >= 11 is 2.68. The van der Waals surface area contributed by atoms with Gasteiger partial charge in [-0.05, 0) is 42.6 Å². The Balaban J connectivity index is 1.54. The predicted molar refractivity (Wildman–Crippen MR) is 127 cm³/mol. The number of thiophene rings is 1. The molecular formula is C22H15N5O5S2. The third-order valence-corrected chi connectivity index (χ3v) is 6.28. The van der Waals surface area contributed by atoms with Crippen LogP contribution in [0.15, 0.2) is 57.8 Å². The fourth-order valence-electron chi connectivity index (χ4n) is 2.93. The van der Waals surface area contributed by atoms with Gasteiger partial charge in [0.25, 0.3) is 11.6 Å². The zero-order chi connectivity index (χ0) is 24.1. The number of nitrogens with one attached hydrogen (secondary N) is 1. The van der Waals surface area contributed by atoms with E-state index >= 15 is 0 Å². The lowest BCUT2D eigenvalue weighted by Crippen LogP contribution is -2.13. The summed E-state index contributed by atoms with van der Waals surface area (Å²) in [5.74, 6) is 0.0817. The van der Waals surface area contributed by atoms with E-state index in [1.54, 1.807) is 13.0 Å². The molecule has 1 N–H and O–H groups in total. The average molecular weight is 494 g/mol. The van der Waals surface area contributed by atoms with Gasteiger partial charge in [0.05, 0.1) is 28.0 Å². The van der Waals surface area contributed by atoms with E-state index in [0.717, 1.165) is 4.88 Å². The van der Waals surface area contributed by atoms with Crippen molar-refractivity contribution in [1.82, 2.24) is 10.2 Å². The molecule has 1 aromatic carbocycles. The highest BCUT2D eigenvalue weighted by atomic mass is 32.1. The number of hydrogen-bond donors (Lipinski definition) is 1. The molecule has 10 nitrogen and oxygen atoms in total. The Bertz CT molecular complexity index is 1420. The fourth-order valence-corrected chi connectivity index (χ4v) is 4.46. The van der Waals surface area contributed by atoms with Gasteiger partial charge in [-0.15, -0.1) is 21.5 Å². The van der Waals surface area contributed by atoms with Crippen molar-refractivity contribution < 1.29 is 18.9 Å². The van der Waals surface area contributed by atoms with Gasteiger partial charge in [-0.1, -0.05) is 17.4 Å². The van der Waals surface area contributed by atoms with Crippen LogP contribution in [0.4, 0.5) is 10.8 Å². The highest BCUT2D eigenvalue weighted by Gasteiger charge is 2.20. The molecule has 3 aromatic heterocycles. The number of carbonyl (C=O) groups is 1. The van der Waals surface area contributed by atoms with Crippen LogP contribution in [0.1, 0.15) is 12.7 Å². The summed E-state index contributed by atoms with van der Waals surface area (Å²) in [7, 11) is 0. The number of nitrogens with zero attached hydrogens (tertiary/aromatic N) is 4. The maximum atomic E-state index is 12.6. The molecule has 0 aliphatic rings. The van der Waals surface area contributed by atoms with E-state index < -0.39 is 10.8 Å². The number of benzene rings is 1. The summed E-state index contributed by atoms with van der Waals surface area (Å²) in [5, 5.41) is 34.3. The monoisotopic (exact) mass is 493 g/mol. The van der Waals surface area contributed by atoms with E-state index in [9.17, 15) is 20.2 Å². The Hall–Kier alpha value is -4.34. The summed E-state index contributed by atoms with van der Waals surface area (Å²) in [6.07, 6.45) is 1.25. The van der Waals surface area contributed by atoms with Gasteiger partial charge in [0.1, 0.15) is 28.9 Å². The number of nitriles is 1. The van der Waals surface area contributed by atoms with Crippen molar-refractivity contribution in [3.63, 3.8) is 0 Å². The third kappa shape index (κ3) is 5.01. The fraction of sp³-hybridized carbons (Fsp3) is 0.0909. The summed E-state index contributed by atoms with van der Waals surface area (Å²) in [4.78, 5) is 24.5. The van der Waals surface area contributed by atoms with Crippen LogP contribution in [0.3, 0.4) is 0 Å². The molecule has 0 radical (unpaired) electrons. The van der Waals surface area contributed by atoms with E-state index in [0.29, 0.717) is 17.4 Å². The topological polar surface area (TPSA) is 144 Å². The van der Waals surface area contributed by atoms with E-state index in [2.05, 4.69) is 15.5 Å². The number of nitro groups is 1. The van der Waals surface area contributed by atoms with E-state index in [1.165, 1.54) is 53.0 Å². The number of amides is 1. The van der Waals surface area contributed by atoms with Gasteiger partial charge >= 0.3 is 0 Å². The van der Waals surface area contributed by atoms with Gasteiger partial charge in [-0.3, -0.25) is 20.2 Å². The molecule has 0 saturated carbocycles. The largest absolute Gasteiger partial charge is 0.494 e. The number of nitro benzene ring substituents is 1. The first-order chi connectivity index (χ1) is 16.5. The van der Waals surface area contributed by atoms with E-state index in [-0.39, 0.29) is 33.5 Å². The zero-order valence-electron chi connectivity index (χ0n) is 17.5. The molecular weight excluding hydrogens is 478 g/mol. The van der Waals surface area contributed by atoms with Gasteiger partial charge in [-0.2, -0.15) is 5.26 Å². The minimum absolute atomic E-state index is 0.182. The molecule has 4 aromatic rings. The molecule has 170 valence electrons. The molecule has 0 unspecified atom stereocenters. The lowest BCUT2D eigenvalue weighted by atomic mass is 10.1. The highest BCUT2D eigenvalue weighted by molar-refractivity contribution is 7.23. The summed E-state index contributed by atoms with van der Waals surface area (Å²) < 4.78 is 11.0. The van der Waals surface area contributed by atoms with E-state index in [4.69, 9.17) is 9.15 Å². The lowest BCUT2D eigenvalue weighted by molar-refractivity contribution is -0.384. The molecule has 0 atom stereocenters. The third-order valence-electron chi connectivity index (χ3n) is 4.40. The summed E-state index contributed by atoms with van der Waals surface area (Å²) in [6, 6.07) is 13.1. The number of ether oxygens (including phenoxy) is 1. The Kier molecular flexibility index (Phi) is 6.77. The molecule has 0 aliphatic heterocycles. The number of aromatic nitrogens is 2. The number of rotatable bonds is 8. The van der Waals surface area contributed by atoms with Gasteiger partial charge in [-0.25, -0.2) is 0 Å². The molecule has 34 heavy (non-hydrogen) atoms. The first kappa shape index (κ1) is 22.8. The van der Waals surface area contributed by atoms with Crippen molar-refractivity contribution in [2.24, 2.45) is 0 Å². The second kappa shape index (κ2) is 10.1. The van der Waals surface area contributed by atoms with Crippen molar-refractivity contribution in [2.45, 2.75) is 6.92 Å². The molecule has 0 bridgehead atoms. The van der Waals surface area contributed by atoms with Crippen LogP contribution in [-0.2, 0) is 4.79 Å². The van der Waals surface area contributed by atoms with Crippen LogP contribution in [0.25, 0.3) is 27.3 Å². The normalized spacial score (nSPS) is 11.1. The number of anilines is 1. The van der Waals surface area contributed by atoms with Crippen molar-refractivity contribution in [3.8, 4) is 33.0 Å². The number of hydrogen-bond acceptors (Lipinski definition) is 10. The molecule has 12 heteroatoms. The Labute approximate surface area is 200 Å². The van der Waals surface area contributed by atoms with Crippen LogP contribution in [0, 0.1) is 21.4 Å². The molecule has 1 amide bonds. The SMILES string of the molecule is CCOc1ccc(-c2ccc(C=C(C#N)C(=O)Nc3nnc(-c4cccs4)s3)o2)c([N+](=O)[O-])c1. The minimum Gasteiger partial charge on any atom is -0.494 e. The maximum absolute atomic E-state index is 12.6. The van der Waals surface area contributed by atoms with Crippen molar-refractivity contribution >= 4 is 45.5 Å². The first-order valence-corrected chi connectivity index (χ1v) is 11.5. The summed E-state index contributed by atoms with van der Waals surface area (Å²) in [5.41, 5.74) is -0.173. The van der Waals surface area contributed by atoms with Crippen LogP contribution < -0.4 is 10.1 Å². The van der Waals surface area contributed by atoms with Gasteiger partial charge in [0.15, 0.2) is 5.01 Å². The van der Waals surface area contributed by atoms with Gasteiger partial charge < -0.3 is 9.15 Å². The van der Waals surface area contributed by atoms with Crippen LogP contribution in [0.5, 0.6) is 5.75 Å². The van der Waals surface area contributed by atoms with Crippen molar-refractivity contribution in [1.29, 1.82) is 5.26 Å². The van der Waals surface area contributed by atoms with E-state index in [1.807, 2.05) is 23.6 Å². The predicted octanol–water partition coefficient (Wildman–Crippen LogP) is 5.38. The highest BCUT2D eigenvalue weighted by Crippen LogP contribution is 2.35. The zero-order valence-corrected chi connectivity index (χ0v) is 19.2. The summed E-state index contributed by atoms with van der Waals surface area (Å²) in [6.45, 7) is 2.15. The van der Waals surface area contributed by atoms with Crippen molar-refractivity contribution in [3.05, 3.63) is 69.3 Å². The molecule has 3 heterocycles. The molecule has 0 aliphatic carbocycles. The molecule has 4 rings (SSSR count). The van der Waals surface area contributed by atoms with Gasteiger partial charge in [0.2, 0.25) is 5.13 Å². The molecule has 0 fully saturated rings. The van der Waals surface area contributed by atoms with Crippen LogP contribution in [0.2, 0.25) is 0 Å². The Morgan fingerprint density at radius 2 is 2.18 bits per heavy atom. The average Bonchev–Trinajstić information content (AvgIpc) is 3.59. The second-order valence-corrected chi connectivity index (χ2v) is 8.51. The standard InChI is InChI=1S/C22H15N5O5S2/c1-2-31-14-5-7-16(17(11-14)27(29)30)18-8-6-15(32-18)10-13(12-23)20(28)24-22-26-25-21(34-22)19-4-3-9-33-19/h3-11H,2H2,1H3,(H,24,26,28). The Morgan fingerprint density at radius 3 is 2.88 bits per heavy atom. The second-order valence-electron chi connectivity index (χ2n) is 6.58. The number of carbonyl (C=O) groups excluding carboxylic acids is 1. The lowest BCUT2D eigenvalue weighted by Gasteiger charge is -2.05. The number of furan rings is 1. The van der Waals surface area contributed by atoms with Gasteiger partial charge in [0, 0.05) is 6.08 Å². The molecule has 0 spiro atoms. The first-order valence-electron chi connectivity index (χ1n) is 9.80. The maximum Gasteiger partial charge on any atom is 0.284 e. The minimum atomic E-state index is -0.679. The van der Waals surface area contributed by atoms with Crippen molar-refractivity contribution in [2.75, 3.05) is 11.9 Å². The Morgan fingerprint density at radius 1 is 1.32 bits per heavy atom. The smallest absolute Gasteiger partial charge is 0.284 e. The molecule has 0 saturated heterocycles. The quantitative estimate of drug-likeness (QED) is 0.149.